The Labute approximate surface area is 283 Å². The number of hydrazine groups is 1. The van der Waals surface area contributed by atoms with Crippen LogP contribution in [0, 0.1) is 17.8 Å². The minimum absolute atomic E-state index is 0.00137. The number of imide groups is 2. The molecule has 2 saturated heterocycles. The van der Waals surface area contributed by atoms with E-state index in [2.05, 4.69) is 20.9 Å². The monoisotopic (exact) mass is 764 g/mol. The Morgan fingerprint density at radius 2 is 1.80 bits per heavy atom. The molecule has 3 heterocycles. The van der Waals surface area contributed by atoms with Gasteiger partial charge in [0.25, 0.3) is 23.6 Å². The molecule has 244 valence electrons. The number of anilines is 1. The molecule has 4 amide bonds. The van der Waals surface area contributed by atoms with E-state index in [9.17, 15) is 37.5 Å². The summed E-state index contributed by atoms with van der Waals surface area (Å²) in [7, 11) is 2.53. The number of phenols is 1. The van der Waals surface area contributed by atoms with Crippen molar-refractivity contribution >= 4 is 80.2 Å². The fourth-order valence-electron chi connectivity index (χ4n) is 7.23. The van der Waals surface area contributed by atoms with Crippen molar-refractivity contribution in [2.75, 3.05) is 24.6 Å². The number of benzene rings is 1. The molecule has 2 aliphatic heterocycles. The molecule has 6 rings (SSSR count). The number of aromatic hydroxyl groups is 1. The molecular weight excluding hydrogens is 744 g/mol. The second-order valence-corrected chi connectivity index (χ2v) is 13.6. The maximum Gasteiger partial charge on any atom is 0.433 e. The molecule has 10 nitrogen and oxygen atoms in total. The molecule has 1 N–H and O–H groups in total. The van der Waals surface area contributed by atoms with Crippen LogP contribution in [0.25, 0.3) is 0 Å². The smallest absolute Gasteiger partial charge is 0.433 e. The van der Waals surface area contributed by atoms with Crippen molar-refractivity contribution < 1.29 is 42.2 Å². The van der Waals surface area contributed by atoms with E-state index < -0.39 is 74.7 Å². The van der Waals surface area contributed by atoms with Gasteiger partial charge in [0.1, 0.15) is 17.2 Å². The molecule has 17 heteroatoms. The highest BCUT2D eigenvalue weighted by Gasteiger charge is 2.76. The van der Waals surface area contributed by atoms with E-state index in [0.717, 1.165) is 16.0 Å². The van der Waals surface area contributed by atoms with Crippen LogP contribution in [0.2, 0.25) is 5.02 Å². The number of phenolic OH excluding ortho intramolecular Hbond substituents is 1. The van der Waals surface area contributed by atoms with E-state index in [-0.39, 0.29) is 34.8 Å². The lowest BCUT2D eigenvalue weighted by Gasteiger charge is -2.50. The Morgan fingerprint density at radius 1 is 1.11 bits per heavy atom. The predicted octanol–water partition coefficient (Wildman–Crippen LogP) is 5.23. The van der Waals surface area contributed by atoms with Gasteiger partial charge < -0.3 is 9.84 Å². The third-order valence-corrected chi connectivity index (χ3v) is 11.5. The number of ether oxygens (including phenoxy) is 1. The maximum absolute atomic E-state index is 14.2. The summed E-state index contributed by atoms with van der Waals surface area (Å²) in [6.07, 6.45) is -3.45. The molecular formula is C29H23BrCl3F3N4O6. The number of carbonyl (C=O) groups is 4. The number of fused-ring (bicyclic) bond motifs is 4. The van der Waals surface area contributed by atoms with E-state index in [1.54, 1.807) is 6.08 Å². The zero-order valence-electron chi connectivity index (χ0n) is 23.8. The van der Waals surface area contributed by atoms with E-state index in [0.29, 0.717) is 22.2 Å². The summed E-state index contributed by atoms with van der Waals surface area (Å²) in [5.74, 6) is -7.78. The van der Waals surface area contributed by atoms with Crippen molar-refractivity contribution in [2.45, 2.75) is 34.7 Å². The third kappa shape index (κ3) is 4.39. The highest BCUT2D eigenvalue weighted by Crippen LogP contribution is 2.66. The Morgan fingerprint density at radius 3 is 2.43 bits per heavy atom. The minimum Gasteiger partial charge on any atom is -0.508 e. The fraction of sp³-hybridized carbons (Fsp3) is 0.414. The zero-order valence-corrected chi connectivity index (χ0v) is 27.7. The van der Waals surface area contributed by atoms with E-state index in [1.807, 2.05) is 0 Å². The van der Waals surface area contributed by atoms with Crippen LogP contribution in [0.1, 0.15) is 30.0 Å². The van der Waals surface area contributed by atoms with Crippen LogP contribution in [0.15, 0.2) is 42.0 Å². The Balaban J connectivity index is 1.48. The minimum atomic E-state index is -4.82. The van der Waals surface area contributed by atoms with Crippen molar-refractivity contribution in [2.24, 2.45) is 17.8 Å². The first kappa shape index (κ1) is 32.9. The van der Waals surface area contributed by atoms with Gasteiger partial charge in [0.05, 0.1) is 29.4 Å². The lowest BCUT2D eigenvalue weighted by Crippen LogP contribution is -2.60. The molecule has 0 radical (unpaired) electrons. The van der Waals surface area contributed by atoms with Crippen LogP contribution in [0.3, 0.4) is 0 Å². The maximum atomic E-state index is 14.2. The van der Waals surface area contributed by atoms with Crippen LogP contribution in [0.4, 0.5) is 19.0 Å². The first-order valence-corrected chi connectivity index (χ1v) is 16.0. The molecule has 2 aliphatic carbocycles. The summed E-state index contributed by atoms with van der Waals surface area (Å²) in [4.78, 5) is 56.0. The van der Waals surface area contributed by atoms with Crippen LogP contribution in [0.5, 0.6) is 11.5 Å². The van der Waals surface area contributed by atoms with Crippen molar-refractivity contribution in [3.05, 3.63) is 58.3 Å². The van der Waals surface area contributed by atoms with Crippen molar-refractivity contribution in [3.63, 3.8) is 0 Å². The molecule has 3 fully saturated rings. The number of aromatic nitrogens is 1. The molecule has 0 spiro atoms. The number of nitrogens with zero attached hydrogens (tertiary/aromatic N) is 4. The average Bonchev–Trinajstić information content (AvgIpc) is 3.34. The fourth-order valence-corrected chi connectivity index (χ4v) is 8.87. The number of alkyl halides is 6. The summed E-state index contributed by atoms with van der Waals surface area (Å²) in [6, 6.07) is 5.77. The second kappa shape index (κ2) is 11.0. The molecule has 1 aromatic heterocycles. The van der Waals surface area contributed by atoms with Gasteiger partial charge in [0, 0.05) is 24.6 Å². The lowest BCUT2D eigenvalue weighted by molar-refractivity contribution is -0.142. The number of allylic oxidation sites excluding steroid dienone is 2. The van der Waals surface area contributed by atoms with Gasteiger partial charge in [-0.05, 0) is 37.0 Å². The molecule has 46 heavy (non-hydrogen) atoms. The summed E-state index contributed by atoms with van der Waals surface area (Å²) < 4.78 is 46.0. The van der Waals surface area contributed by atoms with Gasteiger partial charge in [-0.25, -0.2) is 4.98 Å². The highest BCUT2D eigenvalue weighted by molar-refractivity contribution is 9.09. The number of likely N-dealkylation sites (tertiary alicyclic amines) is 1. The van der Waals surface area contributed by atoms with Crippen LogP contribution >= 0.6 is 50.7 Å². The van der Waals surface area contributed by atoms with Crippen LogP contribution in [-0.2, 0) is 25.4 Å². The van der Waals surface area contributed by atoms with E-state index in [4.69, 9.17) is 39.5 Å². The third-order valence-electron chi connectivity index (χ3n) is 9.24. The van der Waals surface area contributed by atoms with Crippen LogP contribution < -0.4 is 9.75 Å². The molecule has 6 atom stereocenters. The summed E-state index contributed by atoms with van der Waals surface area (Å²) in [5.41, 5.74) is -0.739. The first-order valence-electron chi connectivity index (χ1n) is 13.7. The molecule has 0 bridgehead atoms. The number of hydrogen-bond acceptors (Lipinski definition) is 8. The first-order chi connectivity index (χ1) is 21.5. The zero-order chi connectivity index (χ0) is 33.7. The Bertz CT molecular complexity index is 1750. The highest BCUT2D eigenvalue weighted by atomic mass is 79.9. The largest absolute Gasteiger partial charge is 0.508 e. The summed E-state index contributed by atoms with van der Waals surface area (Å²) in [5, 5.41) is 11.5. The van der Waals surface area contributed by atoms with Gasteiger partial charge in [-0.3, -0.25) is 29.1 Å². The SMILES string of the molecule is COc1cc(O)ccc1C1C2=CCC3C(=O)N(N(C)c4nc(C(F)(F)F)ccc4Cl)C(=O)C3C2CC2(Cl)C(=O)N(CBr)C(=O)C12Cl. The Kier molecular flexibility index (Phi) is 7.85. The topological polar surface area (TPSA) is 120 Å². The normalized spacial score (nSPS) is 30.7. The summed E-state index contributed by atoms with van der Waals surface area (Å²) >= 11 is 23.7. The molecule has 2 aromatic rings. The Hall–Kier alpha value is -3.07. The number of halogens is 7. The van der Waals surface area contributed by atoms with Crippen molar-refractivity contribution in [1.82, 2.24) is 14.9 Å². The molecule has 4 aliphatic rings. The van der Waals surface area contributed by atoms with Crippen molar-refractivity contribution in [3.8, 4) is 11.5 Å². The number of carbonyl (C=O) groups excluding carboxylic acids is 4. The number of rotatable bonds is 5. The van der Waals surface area contributed by atoms with Gasteiger partial charge in [0.15, 0.2) is 15.6 Å². The average molecular weight is 767 g/mol. The van der Waals surface area contributed by atoms with E-state index >= 15 is 0 Å². The van der Waals surface area contributed by atoms with Gasteiger partial charge in [-0.15, -0.1) is 23.2 Å². The van der Waals surface area contributed by atoms with Crippen LogP contribution in [-0.4, -0.2) is 73.0 Å². The summed E-state index contributed by atoms with van der Waals surface area (Å²) in [6.45, 7) is 0. The lowest BCUT2D eigenvalue weighted by atomic mass is 9.56. The predicted molar refractivity (Wildman–Crippen MR) is 163 cm³/mol. The molecule has 1 aromatic carbocycles. The van der Waals surface area contributed by atoms with Crippen molar-refractivity contribution in [1.29, 1.82) is 0 Å². The number of pyridine rings is 1. The van der Waals surface area contributed by atoms with Gasteiger partial charge >= 0.3 is 6.18 Å². The quantitative estimate of drug-likeness (QED) is 0.190. The number of amides is 4. The van der Waals surface area contributed by atoms with Gasteiger partial charge in [0.2, 0.25) is 0 Å². The standard InChI is InChI=1S/C29H23BrCl3F3N4O6/c1-38(22-17(31)7-8-19(37-22)29(34,35)36)40-23(42)15-6-5-13-16(20(15)24(40)43)10-27(32)25(44)39(11-30)26(45)28(27,33)21(13)14-4-3-12(41)9-18(14)46-2/h3-5,7-9,15-16,20-21,41H,6,10-11H2,1-2H3. The van der Waals surface area contributed by atoms with E-state index in [1.165, 1.54) is 32.4 Å². The molecule has 1 saturated carbocycles. The van der Waals surface area contributed by atoms with Gasteiger partial charge in [-0.1, -0.05) is 45.2 Å². The number of hydrogen-bond donors (Lipinski definition) is 1. The van der Waals surface area contributed by atoms with Gasteiger partial charge in [-0.2, -0.15) is 18.2 Å². The number of methoxy groups -OCH3 is 1. The second-order valence-electron chi connectivity index (χ2n) is 11.4. The molecule has 6 unspecified atom stereocenters.